The molecule has 2 aliphatic carbocycles. The first-order chi connectivity index (χ1) is 9.81. The number of carbonyl (C=O) groups is 1. The Labute approximate surface area is 129 Å². The highest BCUT2D eigenvalue weighted by molar-refractivity contribution is 5.83. The fourth-order valence-corrected chi connectivity index (χ4v) is 4.93. The van der Waals surface area contributed by atoms with Crippen molar-refractivity contribution in [2.45, 2.75) is 73.0 Å². The van der Waals surface area contributed by atoms with Crippen molar-refractivity contribution in [2.75, 3.05) is 13.2 Å². The van der Waals surface area contributed by atoms with Crippen LogP contribution in [0.1, 0.15) is 66.7 Å². The summed E-state index contributed by atoms with van der Waals surface area (Å²) in [5, 5.41) is 0. The highest BCUT2D eigenvalue weighted by Crippen LogP contribution is 2.58. The van der Waals surface area contributed by atoms with Crippen LogP contribution in [0.25, 0.3) is 0 Å². The Balaban J connectivity index is 2.12. The number of rotatable bonds is 5. The van der Waals surface area contributed by atoms with Gasteiger partial charge >= 0.3 is 0 Å². The van der Waals surface area contributed by atoms with Crippen molar-refractivity contribution >= 4 is 5.78 Å². The van der Waals surface area contributed by atoms with Crippen LogP contribution in [0.4, 0.5) is 0 Å². The lowest BCUT2D eigenvalue weighted by Gasteiger charge is -2.56. The van der Waals surface area contributed by atoms with Crippen LogP contribution >= 0.6 is 0 Å². The molecule has 0 amide bonds. The monoisotopic (exact) mass is 296 g/mol. The standard InChI is InChI=1S/C18H32O3/c1-6-20-13(2)21-12-14-15(19)8-9-16-17(3,4)10-7-11-18(14,16)5/h13-14,16H,6-12H2,1-5H3/t13?,14?,16-,18+/m0/s1. The molecule has 0 saturated heterocycles. The molecule has 0 radical (unpaired) electrons. The van der Waals surface area contributed by atoms with Gasteiger partial charge in [0, 0.05) is 18.9 Å². The first kappa shape index (κ1) is 17.0. The lowest BCUT2D eigenvalue weighted by Crippen LogP contribution is -2.53. The molecule has 2 fully saturated rings. The van der Waals surface area contributed by atoms with E-state index in [2.05, 4.69) is 20.8 Å². The number of carbonyl (C=O) groups excluding carboxylic acids is 1. The molecular weight excluding hydrogens is 264 g/mol. The van der Waals surface area contributed by atoms with E-state index < -0.39 is 0 Å². The molecule has 3 heteroatoms. The molecule has 2 rings (SSSR count). The van der Waals surface area contributed by atoms with E-state index >= 15 is 0 Å². The van der Waals surface area contributed by atoms with Crippen molar-refractivity contribution in [3.05, 3.63) is 0 Å². The van der Waals surface area contributed by atoms with E-state index in [1.54, 1.807) is 0 Å². The minimum Gasteiger partial charge on any atom is -0.353 e. The number of ketones is 1. The third kappa shape index (κ3) is 3.34. The van der Waals surface area contributed by atoms with Crippen LogP contribution in [0.2, 0.25) is 0 Å². The normalized spacial score (nSPS) is 37.1. The minimum atomic E-state index is -0.219. The molecule has 21 heavy (non-hydrogen) atoms. The second-order valence-electron chi connectivity index (χ2n) is 7.81. The van der Waals surface area contributed by atoms with Crippen LogP contribution in [-0.4, -0.2) is 25.3 Å². The van der Waals surface area contributed by atoms with E-state index in [9.17, 15) is 4.79 Å². The summed E-state index contributed by atoms with van der Waals surface area (Å²) in [7, 11) is 0. The van der Waals surface area contributed by atoms with Gasteiger partial charge in [0.1, 0.15) is 5.78 Å². The molecule has 0 N–H and O–H groups in total. The summed E-state index contributed by atoms with van der Waals surface area (Å²) in [6, 6.07) is 0. The van der Waals surface area contributed by atoms with Crippen molar-refractivity contribution < 1.29 is 14.3 Å². The predicted molar refractivity (Wildman–Crippen MR) is 84.0 cm³/mol. The molecule has 0 heterocycles. The first-order valence-electron chi connectivity index (χ1n) is 8.57. The predicted octanol–water partition coefficient (Wildman–Crippen LogP) is 4.20. The first-order valence-corrected chi connectivity index (χ1v) is 8.57. The van der Waals surface area contributed by atoms with Gasteiger partial charge in [0.25, 0.3) is 0 Å². The van der Waals surface area contributed by atoms with Crippen molar-refractivity contribution in [3.63, 3.8) is 0 Å². The molecule has 0 aromatic carbocycles. The molecule has 2 aliphatic rings. The molecular formula is C18H32O3. The van der Waals surface area contributed by atoms with Gasteiger partial charge in [-0.05, 0) is 49.9 Å². The smallest absolute Gasteiger partial charge is 0.154 e. The maximum absolute atomic E-state index is 12.5. The van der Waals surface area contributed by atoms with E-state index in [0.717, 1.165) is 19.3 Å². The maximum Gasteiger partial charge on any atom is 0.154 e. The number of ether oxygens (including phenoxy) is 2. The molecule has 122 valence electrons. The second kappa shape index (κ2) is 6.37. The van der Waals surface area contributed by atoms with Crippen molar-refractivity contribution in [1.29, 1.82) is 0 Å². The zero-order valence-corrected chi connectivity index (χ0v) is 14.4. The fraction of sp³-hybridized carbons (Fsp3) is 0.944. The fourth-order valence-electron chi connectivity index (χ4n) is 4.93. The summed E-state index contributed by atoms with van der Waals surface area (Å²) >= 11 is 0. The molecule has 4 atom stereocenters. The molecule has 3 nitrogen and oxygen atoms in total. The lowest BCUT2D eigenvalue weighted by molar-refractivity contribution is -0.172. The Morgan fingerprint density at radius 3 is 2.62 bits per heavy atom. The third-order valence-electron chi connectivity index (χ3n) is 6.04. The van der Waals surface area contributed by atoms with Gasteiger partial charge in [-0.25, -0.2) is 0 Å². The van der Waals surface area contributed by atoms with Gasteiger partial charge in [0.15, 0.2) is 6.29 Å². The average molecular weight is 296 g/mol. The Hall–Kier alpha value is -0.410. The Kier molecular flexibility index (Phi) is 5.15. The number of fused-ring (bicyclic) bond motifs is 1. The number of hydrogen-bond acceptors (Lipinski definition) is 3. The van der Waals surface area contributed by atoms with Crippen LogP contribution in [0.3, 0.4) is 0 Å². The Morgan fingerprint density at radius 1 is 1.24 bits per heavy atom. The van der Waals surface area contributed by atoms with Crippen LogP contribution < -0.4 is 0 Å². The third-order valence-corrected chi connectivity index (χ3v) is 6.04. The molecule has 0 aliphatic heterocycles. The highest BCUT2D eigenvalue weighted by atomic mass is 16.7. The van der Waals surface area contributed by atoms with Crippen LogP contribution in [0, 0.1) is 22.7 Å². The zero-order valence-electron chi connectivity index (χ0n) is 14.4. The lowest BCUT2D eigenvalue weighted by atomic mass is 9.48. The van der Waals surface area contributed by atoms with Gasteiger partial charge in [-0.1, -0.05) is 27.2 Å². The van der Waals surface area contributed by atoms with Crippen LogP contribution in [0.15, 0.2) is 0 Å². The van der Waals surface area contributed by atoms with Gasteiger partial charge in [-0.15, -0.1) is 0 Å². The molecule has 2 unspecified atom stereocenters. The molecule has 0 aromatic rings. The topological polar surface area (TPSA) is 35.5 Å². The molecule has 0 bridgehead atoms. The summed E-state index contributed by atoms with van der Waals surface area (Å²) in [6.45, 7) is 12.1. The second-order valence-corrected chi connectivity index (χ2v) is 7.81. The summed E-state index contributed by atoms with van der Waals surface area (Å²) in [4.78, 5) is 12.5. The zero-order chi connectivity index (χ0) is 15.7. The van der Waals surface area contributed by atoms with Gasteiger partial charge in [0.05, 0.1) is 6.61 Å². The number of Topliss-reactive ketones (excluding diaryl/α,β-unsaturated/α-hetero) is 1. The largest absolute Gasteiger partial charge is 0.353 e. The maximum atomic E-state index is 12.5. The quantitative estimate of drug-likeness (QED) is 0.713. The average Bonchev–Trinajstić information content (AvgIpc) is 2.37. The number of hydrogen-bond donors (Lipinski definition) is 0. The van der Waals surface area contributed by atoms with Gasteiger partial charge in [-0.3, -0.25) is 4.79 Å². The Morgan fingerprint density at radius 2 is 1.95 bits per heavy atom. The van der Waals surface area contributed by atoms with Crippen LogP contribution in [-0.2, 0) is 14.3 Å². The van der Waals surface area contributed by atoms with Gasteiger partial charge in [0.2, 0.25) is 0 Å². The summed E-state index contributed by atoms with van der Waals surface area (Å²) in [6.07, 6.45) is 5.22. The summed E-state index contributed by atoms with van der Waals surface area (Å²) < 4.78 is 11.3. The van der Waals surface area contributed by atoms with Crippen molar-refractivity contribution in [1.82, 2.24) is 0 Å². The minimum absolute atomic E-state index is 0.0405. The molecule has 2 saturated carbocycles. The van der Waals surface area contributed by atoms with Crippen molar-refractivity contribution in [2.24, 2.45) is 22.7 Å². The van der Waals surface area contributed by atoms with E-state index in [0.29, 0.717) is 30.3 Å². The molecule has 0 spiro atoms. The van der Waals surface area contributed by atoms with Crippen molar-refractivity contribution in [3.8, 4) is 0 Å². The van der Waals surface area contributed by atoms with Gasteiger partial charge in [-0.2, -0.15) is 0 Å². The van der Waals surface area contributed by atoms with E-state index in [-0.39, 0.29) is 17.6 Å². The van der Waals surface area contributed by atoms with Crippen LogP contribution in [0.5, 0.6) is 0 Å². The highest BCUT2D eigenvalue weighted by Gasteiger charge is 2.54. The van der Waals surface area contributed by atoms with E-state index in [1.165, 1.54) is 12.8 Å². The SMILES string of the molecule is CCOC(C)OCC1C(=O)CC[C@H]2C(C)(C)CCC[C@]12C. The molecule has 0 aromatic heterocycles. The Bertz CT molecular complexity index is 377. The van der Waals surface area contributed by atoms with E-state index in [4.69, 9.17) is 9.47 Å². The van der Waals surface area contributed by atoms with E-state index in [1.807, 2.05) is 13.8 Å². The van der Waals surface area contributed by atoms with Gasteiger partial charge < -0.3 is 9.47 Å². The summed E-state index contributed by atoms with van der Waals surface area (Å²) in [5.41, 5.74) is 0.445. The summed E-state index contributed by atoms with van der Waals surface area (Å²) in [5.74, 6) is 1.07.